The van der Waals surface area contributed by atoms with Gasteiger partial charge in [-0.3, -0.25) is 4.79 Å². The SMILES string of the molecule is N/C(=N/O)c1cccc(NC(=O)C2C3C4CCC(C4)C23)c1. The molecule has 4 N–H and O–H groups in total. The molecule has 2 bridgehead atoms. The summed E-state index contributed by atoms with van der Waals surface area (Å²) in [6, 6.07) is 7.11. The molecule has 5 heteroatoms. The lowest BCUT2D eigenvalue weighted by atomic mass is 10.0. The minimum atomic E-state index is 0.0486. The van der Waals surface area contributed by atoms with E-state index in [9.17, 15) is 4.79 Å². The second kappa shape index (κ2) is 4.48. The van der Waals surface area contributed by atoms with Crippen LogP contribution in [0.5, 0.6) is 0 Å². The van der Waals surface area contributed by atoms with E-state index >= 15 is 0 Å². The third kappa shape index (κ3) is 1.91. The normalized spacial score (nSPS) is 36.4. The Bertz CT molecular complexity index is 612. The van der Waals surface area contributed by atoms with Gasteiger partial charge in [-0.1, -0.05) is 17.3 Å². The third-order valence-corrected chi connectivity index (χ3v) is 5.57. The first-order valence-electron chi connectivity index (χ1n) is 7.58. The summed E-state index contributed by atoms with van der Waals surface area (Å²) in [7, 11) is 0. The van der Waals surface area contributed by atoms with Crippen molar-refractivity contribution in [3.63, 3.8) is 0 Å². The highest BCUT2D eigenvalue weighted by Crippen LogP contribution is 2.69. The van der Waals surface area contributed by atoms with Crippen LogP contribution in [0.2, 0.25) is 0 Å². The lowest BCUT2D eigenvalue weighted by molar-refractivity contribution is -0.118. The fourth-order valence-corrected chi connectivity index (χ4v) is 4.72. The number of fused-ring (bicyclic) bond motifs is 5. The Morgan fingerprint density at radius 1 is 1.29 bits per heavy atom. The van der Waals surface area contributed by atoms with Crippen LogP contribution in [-0.4, -0.2) is 17.0 Å². The van der Waals surface area contributed by atoms with Gasteiger partial charge in [-0.2, -0.15) is 0 Å². The first kappa shape index (κ1) is 12.7. The molecule has 4 unspecified atom stereocenters. The predicted octanol–water partition coefficient (Wildman–Crippen LogP) is 2.01. The summed E-state index contributed by atoms with van der Waals surface area (Å²) in [4.78, 5) is 12.4. The van der Waals surface area contributed by atoms with Gasteiger partial charge in [-0.25, -0.2) is 0 Å². The van der Waals surface area contributed by atoms with Crippen molar-refractivity contribution in [1.82, 2.24) is 0 Å². The van der Waals surface area contributed by atoms with Crippen molar-refractivity contribution in [3.05, 3.63) is 29.8 Å². The molecule has 3 aliphatic rings. The highest BCUT2D eigenvalue weighted by Gasteiger charge is 2.67. The quantitative estimate of drug-likeness (QED) is 0.343. The summed E-state index contributed by atoms with van der Waals surface area (Å²) in [6.45, 7) is 0. The molecular weight excluding hydrogens is 266 g/mol. The summed E-state index contributed by atoms with van der Waals surface area (Å²) < 4.78 is 0. The molecule has 1 aromatic carbocycles. The van der Waals surface area contributed by atoms with Gasteiger partial charge in [0.2, 0.25) is 5.91 Å². The second-order valence-corrected chi connectivity index (χ2v) is 6.57. The Balaban J connectivity index is 1.46. The van der Waals surface area contributed by atoms with Gasteiger partial charge >= 0.3 is 0 Å². The lowest BCUT2D eigenvalue weighted by Crippen LogP contribution is -2.19. The van der Waals surface area contributed by atoms with E-state index in [0.717, 1.165) is 11.8 Å². The van der Waals surface area contributed by atoms with Crippen molar-refractivity contribution in [2.45, 2.75) is 19.3 Å². The average Bonchev–Trinajstić information content (AvgIpc) is 2.95. The Kier molecular flexibility index (Phi) is 2.71. The Morgan fingerprint density at radius 3 is 2.67 bits per heavy atom. The number of hydrogen-bond acceptors (Lipinski definition) is 3. The van der Waals surface area contributed by atoms with Crippen molar-refractivity contribution >= 4 is 17.4 Å². The number of nitrogens with zero attached hydrogens (tertiary/aromatic N) is 1. The molecule has 21 heavy (non-hydrogen) atoms. The van der Waals surface area contributed by atoms with Crippen LogP contribution < -0.4 is 11.1 Å². The number of rotatable bonds is 3. The number of amidine groups is 1. The third-order valence-electron chi connectivity index (χ3n) is 5.57. The highest BCUT2D eigenvalue weighted by atomic mass is 16.4. The summed E-state index contributed by atoms with van der Waals surface area (Å²) >= 11 is 0. The highest BCUT2D eigenvalue weighted by molar-refractivity contribution is 6.00. The van der Waals surface area contributed by atoms with E-state index in [1.54, 1.807) is 18.2 Å². The monoisotopic (exact) mass is 285 g/mol. The van der Waals surface area contributed by atoms with Crippen LogP contribution in [0.15, 0.2) is 29.4 Å². The average molecular weight is 285 g/mol. The molecule has 3 aliphatic carbocycles. The topological polar surface area (TPSA) is 87.7 Å². The van der Waals surface area contributed by atoms with Crippen molar-refractivity contribution in [2.75, 3.05) is 5.32 Å². The maximum Gasteiger partial charge on any atom is 0.228 e. The molecule has 4 rings (SSSR count). The number of benzene rings is 1. The summed E-state index contributed by atoms with van der Waals surface area (Å²) in [6.07, 6.45) is 3.97. The van der Waals surface area contributed by atoms with Crippen LogP contribution in [0.3, 0.4) is 0 Å². The molecule has 3 fully saturated rings. The van der Waals surface area contributed by atoms with Crippen LogP contribution in [0.4, 0.5) is 5.69 Å². The molecule has 0 aliphatic heterocycles. The predicted molar refractivity (Wildman–Crippen MR) is 78.9 cm³/mol. The van der Waals surface area contributed by atoms with Crippen molar-refractivity contribution < 1.29 is 10.0 Å². The van der Waals surface area contributed by atoms with E-state index in [1.165, 1.54) is 19.3 Å². The second-order valence-electron chi connectivity index (χ2n) is 6.57. The first-order chi connectivity index (χ1) is 10.2. The van der Waals surface area contributed by atoms with Gasteiger partial charge in [0.15, 0.2) is 5.84 Å². The van der Waals surface area contributed by atoms with Crippen LogP contribution in [0, 0.1) is 29.6 Å². The first-order valence-corrected chi connectivity index (χ1v) is 7.58. The van der Waals surface area contributed by atoms with Crippen molar-refractivity contribution in [2.24, 2.45) is 40.5 Å². The van der Waals surface area contributed by atoms with E-state index in [0.29, 0.717) is 23.1 Å². The van der Waals surface area contributed by atoms with E-state index in [1.807, 2.05) is 6.07 Å². The maximum absolute atomic E-state index is 12.4. The minimum Gasteiger partial charge on any atom is -0.409 e. The number of oxime groups is 1. The van der Waals surface area contributed by atoms with Crippen LogP contribution in [-0.2, 0) is 4.79 Å². The number of anilines is 1. The van der Waals surface area contributed by atoms with E-state index in [4.69, 9.17) is 10.9 Å². The van der Waals surface area contributed by atoms with E-state index in [-0.39, 0.29) is 17.7 Å². The number of hydrogen-bond donors (Lipinski definition) is 3. The van der Waals surface area contributed by atoms with Gasteiger partial charge in [0, 0.05) is 17.2 Å². The molecule has 0 saturated heterocycles. The summed E-state index contributed by atoms with van der Waals surface area (Å²) in [5.41, 5.74) is 6.89. The standard InChI is InChI=1S/C16H19N3O2/c17-15(19-21)10-2-1-3-11(7-10)18-16(20)14-12-8-4-5-9(6-8)13(12)14/h1-3,7-9,12-14,21H,4-6H2,(H2,17,19)(H,18,20). The molecule has 0 radical (unpaired) electrons. The van der Waals surface area contributed by atoms with Crippen LogP contribution >= 0.6 is 0 Å². The van der Waals surface area contributed by atoms with Gasteiger partial charge < -0.3 is 16.3 Å². The van der Waals surface area contributed by atoms with Crippen LogP contribution in [0.1, 0.15) is 24.8 Å². The van der Waals surface area contributed by atoms with Gasteiger partial charge in [-0.05, 0) is 55.1 Å². The minimum absolute atomic E-state index is 0.0486. The Labute approximate surface area is 123 Å². The Morgan fingerprint density at radius 2 is 2.00 bits per heavy atom. The summed E-state index contributed by atoms with van der Waals surface area (Å²) in [5, 5.41) is 14.7. The maximum atomic E-state index is 12.4. The van der Waals surface area contributed by atoms with Gasteiger partial charge in [0.05, 0.1) is 0 Å². The zero-order valence-electron chi connectivity index (χ0n) is 11.7. The van der Waals surface area contributed by atoms with Crippen molar-refractivity contribution in [3.8, 4) is 0 Å². The molecule has 0 aromatic heterocycles. The van der Waals surface area contributed by atoms with E-state index < -0.39 is 0 Å². The zero-order chi connectivity index (χ0) is 14.6. The molecule has 1 aromatic rings. The molecule has 0 spiro atoms. The molecule has 0 heterocycles. The largest absolute Gasteiger partial charge is 0.409 e. The number of nitrogens with one attached hydrogen (secondary N) is 1. The van der Waals surface area contributed by atoms with Gasteiger partial charge in [0.25, 0.3) is 0 Å². The van der Waals surface area contributed by atoms with Crippen molar-refractivity contribution in [1.29, 1.82) is 0 Å². The van der Waals surface area contributed by atoms with Gasteiger partial charge in [-0.15, -0.1) is 0 Å². The van der Waals surface area contributed by atoms with Crippen LogP contribution in [0.25, 0.3) is 0 Å². The van der Waals surface area contributed by atoms with E-state index in [2.05, 4.69) is 10.5 Å². The lowest BCUT2D eigenvalue weighted by Gasteiger charge is -2.10. The number of carbonyl (C=O) groups is 1. The Hall–Kier alpha value is -2.04. The fourth-order valence-electron chi connectivity index (χ4n) is 4.72. The molecule has 1 amide bonds. The number of carbonyl (C=O) groups excluding carboxylic acids is 1. The smallest absolute Gasteiger partial charge is 0.228 e. The molecule has 4 atom stereocenters. The number of nitrogens with two attached hydrogens (primary N) is 1. The zero-order valence-corrected chi connectivity index (χ0v) is 11.7. The number of amides is 1. The fraction of sp³-hybridized carbons (Fsp3) is 0.500. The molecule has 5 nitrogen and oxygen atoms in total. The van der Waals surface area contributed by atoms with Gasteiger partial charge in [0.1, 0.15) is 0 Å². The molecule has 3 saturated carbocycles. The molecular formula is C16H19N3O2. The summed E-state index contributed by atoms with van der Waals surface area (Å²) in [5.74, 6) is 3.25. The molecule has 110 valence electrons.